The summed E-state index contributed by atoms with van der Waals surface area (Å²) < 4.78 is 41.1. The molecule has 0 saturated heterocycles. The molecule has 0 bridgehead atoms. The van der Waals surface area contributed by atoms with Gasteiger partial charge in [0.15, 0.2) is 0 Å². The highest BCUT2D eigenvalue weighted by Gasteiger charge is 2.31. The molecule has 1 rings (SSSR count). The highest BCUT2D eigenvalue weighted by Crippen LogP contribution is 2.24. The molecule has 0 aliphatic heterocycles. The first-order chi connectivity index (χ1) is 9.30. The largest absolute Gasteiger partial charge is 0.411 e. The molecule has 3 unspecified atom stereocenters. The van der Waals surface area contributed by atoms with Crippen LogP contribution >= 0.6 is 0 Å². The van der Waals surface area contributed by atoms with Gasteiger partial charge in [0.1, 0.15) is 6.61 Å². The maximum absolute atomic E-state index is 12.1. The molecule has 1 aliphatic carbocycles. The van der Waals surface area contributed by atoms with Crippen molar-refractivity contribution in [1.82, 2.24) is 5.32 Å². The molecule has 3 N–H and O–H groups in total. The molecule has 0 heterocycles. The normalized spacial score (nSPS) is 25.2. The Hall–Kier alpha value is -0.820. The second kappa shape index (κ2) is 7.83. The average Bonchev–Trinajstić information content (AvgIpc) is 2.35. The Kier molecular flexibility index (Phi) is 6.75. The fourth-order valence-electron chi connectivity index (χ4n) is 2.33. The van der Waals surface area contributed by atoms with Gasteiger partial charge < -0.3 is 15.8 Å². The lowest BCUT2D eigenvalue weighted by atomic mass is 9.92. The fourth-order valence-corrected chi connectivity index (χ4v) is 2.33. The first-order valence-electron chi connectivity index (χ1n) is 6.98. The van der Waals surface area contributed by atoms with Crippen LogP contribution in [-0.4, -0.2) is 37.4 Å². The van der Waals surface area contributed by atoms with E-state index >= 15 is 0 Å². The Morgan fingerprint density at radius 1 is 1.45 bits per heavy atom. The molecule has 1 saturated carbocycles. The third-order valence-electron chi connectivity index (χ3n) is 3.41. The smallest absolute Gasteiger partial charge is 0.369 e. The van der Waals surface area contributed by atoms with Crippen molar-refractivity contribution in [2.24, 2.45) is 11.7 Å². The van der Waals surface area contributed by atoms with Gasteiger partial charge in [-0.15, -0.1) is 0 Å². The fraction of sp³-hybridized carbons (Fsp3) is 0.923. The maximum atomic E-state index is 12.1. The summed E-state index contributed by atoms with van der Waals surface area (Å²) >= 11 is 0. The van der Waals surface area contributed by atoms with E-state index < -0.39 is 18.9 Å². The molecule has 0 aromatic heterocycles. The van der Waals surface area contributed by atoms with E-state index in [4.69, 9.17) is 10.5 Å². The first kappa shape index (κ1) is 17.2. The number of halogens is 3. The van der Waals surface area contributed by atoms with Crippen LogP contribution in [0.3, 0.4) is 0 Å². The van der Waals surface area contributed by atoms with E-state index in [1.165, 1.54) is 0 Å². The third-order valence-corrected chi connectivity index (χ3v) is 3.41. The zero-order valence-corrected chi connectivity index (χ0v) is 11.7. The standard InChI is InChI=1S/C13H23F3N2O2/c1-9(7-17)5-12(19)18-10-3-2-4-11(6-10)20-8-13(14,15)16/h9-11H,2-8,17H2,1H3,(H,18,19). The molecular formula is C13H23F3N2O2. The molecule has 20 heavy (non-hydrogen) atoms. The van der Waals surface area contributed by atoms with Crippen molar-refractivity contribution in [2.45, 2.75) is 57.3 Å². The monoisotopic (exact) mass is 296 g/mol. The summed E-state index contributed by atoms with van der Waals surface area (Å²) in [5.41, 5.74) is 5.45. The highest BCUT2D eigenvalue weighted by atomic mass is 19.4. The lowest BCUT2D eigenvalue weighted by molar-refractivity contribution is -0.188. The second-order valence-corrected chi connectivity index (χ2v) is 5.52. The molecular weight excluding hydrogens is 273 g/mol. The van der Waals surface area contributed by atoms with Gasteiger partial charge in [0.2, 0.25) is 5.91 Å². The van der Waals surface area contributed by atoms with Crippen molar-refractivity contribution in [1.29, 1.82) is 0 Å². The van der Waals surface area contributed by atoms with Crippen LogP contribution in [0.2, 0.25) is 0 Å². The van der Waals surface area contributed by atoms with Gasteiger partial charge >= 0.3 is 6.18 Å². The number of ether oxygens (including phenoxy) is 1. The van der Waals surface area contributed by atoms with Gasteiger partial charge in [0.05, 0.1) is 6.10 Å². The summed E-state index contributed by atoms with van der Waals surface area (Å²) in [5, 5.41) is 2.86. The second-order valence-electron chi connectivity index (χ2n) is 5.52. The first-order valence-corrected chi connectivity index (χ1v) is 6.98. The van der Waals surface area contributed by atoms with Gasteiger partial charge in [-0.25, -0.2) is 0 Å². The maximum Gasteiger partial charge on any atom is 0.411 e. The van der Waals surface area contributed by atoms with Crippen LogP contribution in [0.15, 0.2) is 0 Å². The van der Waals surface area contributed by atoms with Gasteiger partial charge in [-0.3, -0.25) is 4.79 Å². The van der Waals surface area contributed by atoms with E-state index in [-0.39, 0.29) is 17.9 Å². The highest BCUT2D eigenvalue weighted by molar-refractivity contribution is 5.76. The third kappa shape index (κ3) is 7.09. The number of alkyl halides is 3. The van der Waals surface area contributed by atoms with Crippen molar-refractivity contribution in [3.05, 3.63) is 0 Å². The number of nitrogens with two attached hydrogens (primary N) is 1. The van der Waals surface area contributed by atoms with E-state index in [0.717, 1.165) is 12.8 Å². The molecule has 1 aliphatic rings. The van der Waals surface area contributed by atoms with Crippen molar-refractivity contribution in [2.75, 3.05) is 13.2 Å². The van der Waals surface area contributed by atoms with Gasteiger partial charge in [0.25, 0.3) is 0 Å². The van der Waals surface area contributed by atoms with Gasteiger partial charge in [0, 0.05) is 12.5 Å². The average molecular weight is 296 g/mol. The Balaban J connectivity index is 2.31. The molecule has 4 nitrogen and oxygen atoms in total. The van der Waals surface area contributed by atoms with E-state index in [1.54, 1.807) is 0 Å². The van der Waals surface area contributed by atoms with Crippen molar-refractivity contribution in [3.8, 4) is 0 Å². The zero-order chi connectivity index (χ0) is 15.2. The topological polar surface area (TPSA) is 64.4 Å². The van der Waals surface area contributed by atoms with E-state index in [9.17, 15) is 18.0 Å². The Bertz CT molecular complexity index is 310. The van der Waals surface area contributed by atoms with Crippen LogP contribution in [-0.2, 0) is 9.53 Å². The van der Waals surface area contributed by atoms with Crippen LogP contribution in [0.25, 0.3) is 0 Å². The lowest BCUT2D eigenvalue weighted by Crippen LogP contribution is -2.41. The Morgan fingerprint density at radius 2 is 2.15 bits per heavy atom. The SMILES string of the molecule is CC(CN)CC(=O)NC1CCCC(OCC(F)(F)F)C1. The van der Waals surface area contributed by atoms with E-state index in [0.29, 0.717) is 25.8 Å². The molecule has 3 atom stereocenters. The van der Waals surface area contributed by atoms with Gasteiger partial charge in [-0.2, -0.15) is 13.2 Å². The van der Waals surface area contributed by atoms with Gasteiger partial charge in [-0.05, 0) is 38.1 Å². The molecule has 118 valence electrons. The number of hydrogen-bond donors (Lipinski definition) is 2. The molecule has 1 fully saturated rings. The van der Waals surface area contributed by atoms with Gasteiger partial charge in [-0.1, -0.05) is 6.92 Å². The molecule has 0 aromatic rings. The molecule has 0 spiro atoms. The van der Waals surface area contributed by atoms with Crippen LogP contribution in [0.5, 0.6) is 0 Å². The predicted molar refractivity (Wildman–Crippen MR) is 69.0 cm³/mol. The minimum Gasteiger partial charge on any atom is -0.369 e. The summed E-state index contributed by atoms with van der Waals surface area (Å²) in [5.74, 6) is 0.0142. The number of carbonyl (C=O) groups is 1. The summed E-state index contributed by atoms with van der Waals surface area (Å²) in [6.07, 6.45) is -1.77. The Morgan fingerprint density at radius 3 is 2.75 bits per heavy atom. The van der Waals surface area contributed by atoms with Crippen LogP contribution < -0.4 is 11.1 Å². The summed E-state index contributed by atoms with van der Waals surface area (Å²) in [6.45, 7) is 1.10. The van der Waals surface area contributed by atoms with Crippen LogP contribution in [0, 0.1) is 5.92 Å². The Labute approximate surface area is 117 Å². The minimum absolute atomic E-state index is 0.0931. The molecule has 1 amide bonds. The van der Waals surface area contributed by atoms with Crippen molar-refractivity contribution in [3.63, 3.8) is 0 Å². The number of carbonyl (C=O) groups excluding carboxylic acids is 1. The number of rotatable bonds is 6. The number of nitrogens with one attached hydrogen (secondary N) is 1. The molecule has 7 heteroatoms. The summed E-state index contributed by atoms with van der Waals surface area (Å²) in [4.78, 5) is 11.7. The van der Waals surface area contributed by atoms with Crippen molar-refractivity contribution >= 4 is 5.91 Å². The lowest BCUT2D eigenvalue weighted by Gasteiger charge is -2.30. The summed E-state index contributed by atoms with van der Waals surface area (Å²) in [7, 11) is 0. The number of hydrogen-bond acceptors (Lipinski definition) is 3. The van der Waals surface area contributed by atoms with E-state index in [2.05, 4.69) is 5.32 Å². The predicted octanol–water partition coefficient (Wildman–Crippen LogP) is 1.98. The summed E-state index contributed by atoms with van der Waals surface area (Å²) in [6, 6.07) is -0.0977. The molecule has 0 radical (unpaired) electrons. The van der Waals surface area contributed by atoms with Crippen LogP contribution in [0.4, 0.5) is 13.2 Å². The minimum atomic E-state index is -4.30. The molecule has 0 aromatic carbocycles. The quantitative estimate of drug-likeness (QED) is 0.787. The van der Waals surface area contributed by atoms with E-state index in [1.807, 2.05) is 6.92 Å². The zero-order valence-electron chi connectivity index (χ0n) is 11.7. The van der Waals surface area contributed by atoms with Crippen molar-refractivity contribution < 1.29 is 22.7 Å². The van der Waals surface area contributed by atoms with Crippen LogP contribution in [0.1, 0.15) is 39.0 Å². The number of amides is 1.